The predicted octanol–water partition coefficient (Wildman–Crippen LogP) is 6.15. The molecule has 1 aliphatic heterocycles. The molecule has 3 nitrogen and oxygen atoms in total. The van der Waals surface area contributed by atoms with E-state index in [1.54, 1.807) is 0 Å². The Labute approximate surface area is 165 Å². The summed E-state index contributed by atoms with van der Waals surface area (Å²) in [6.07, 6.45) is 0. The van der Waals surface area contributed by atoms with E-state index in [9.17, 15) is 0 Å². The molecule has 0 unspecified atom stereocenters. The van der Waals surface area contributed by atoms with E-state index in [0.29, 0.717) is 0 Å². The smallest absolute Gasteiger partial charge is 0.168 e. The highest BCUT2D eigenvalue weighted by molar-refractivity contribution is 6.12. The quantitative estimate of drug-likeness (QED) is 0.402. The number of rotatable bonds is 4. The summed E-state index contributed by atoms with van der Waals surface area (Å²) < 4.78 is 0. The Morgan fingerprint density at radius 1 is 0.750 bits per heavy atom. The number of hydrogen-bond donors (Lipinski definition) is 0. The van der Waals surface area contributed by atoms with Crippen LogP contribution in [-0.2, 0) is 6.54 Å². The van der Waals surface area contributed by atoms with E-state index in [4.69, 9.17) is 4.84 Å². The van der Waals surface area contributed by atoms with Crippen LogP contribution in [0.1, 0.15) is 19.4 Å². The van der Waals surface area contributed by atoms with Crippen LogP contribution in [0, 0.1) is 0 Å². The normalized spacial score (nSPS) is 13.0. The standard InChI is InChI=1S/C25H24N2O/c1-3-26(4-2)18-13-15-19(16-14-18)27-17-24-22-11-6-5-9-20(22)21-10-7-8-12-23(21)25(24)28-27/h5-16H,3-4,17H2,1-2H3. The maximum absolute atomic E-state index is 6.39. The van der Waals surface area contributed by atoms with Crippen LogP contribution in [0.25, 0.3) is 21.5 Å². The number of hydrogen-bond acceptors (Lipinski definition) is 3. The zero-order chi connectivity index (χ0) is 19.1. The van der Waals surface area contributed by atoms with E-state index in [1.165, 1.54) is 32.8 Å². The highest BCUT2D eigenvalue weighted by Crippen LogP contribution is 2.43. The lowest BCUT2D eigenvalue weighted by atomic mass is 9.96. The van der Waals surface area contributed by atoms with Gasteiger partial charge in [-0.3, -0.25) is 0 Å². The first-order chi connectivity index (χ1) is 13.8. The van der Waals surface area contributed by atoms with Gasteiger partial charge in [0.15, 0.2) is 5.75 Å². The predicted molar refractivity (Wildman–Crippen MR) is 118 cm³/mol. The van der Waals surface area contributed by atoms with Gasteiger partial charge in [0.05, 0.1) is 12.2 Å². The first-order valence-electron chi connectivity index (χ1n) is 10.0. The van der Waals surface area contributed by atoms with Crippen LogP contribution in [0.5, 0.6) is 5.75 Å². The number of hydroxylamine groups is 1. The molecule has 0 aromatic heterocycles. The van der Waals surface area contributed by atoms with Crippen molar-refractivity contribution < 1.29 is 4.84 Å². The number of anilines is 2. The molecule has 4 aromatic carbocycles. The van der Waals surface area contributed by atoms with Gasteiger partial charge in [0.1, 0.15) is 0 Å². The highest BCUT2D eigenvalue weighted by atomic mass is 16.7. The average molecular weight is 368 g/mol. The third kappa shape index (κ3) is 2.58. The van der Waals surface area contributed by atoms with Crippen molar-refractivity contribution in [2.75, 3.05) is 23.1 Å². The van der Waals surface area contributed by atoms with Crippen molar-refractivity contribution in [3.05, 3.63) is 78.4 Å². The molecule has 0 saturated heterocycles. The third-order valence-corrected chi connectivity index (χ3v) is 5.76. The molecule has 0 radical (unpaired) electrons. The van der Waals surface area contributed by atoms with Crippen molar-refractivity contribution in [3.8, 4) is 5.75 Å². The van der Waals surface area contributed by atoms with Gasteiger partial charge in [-0.15, -0.1) is 0 Å². The van der Waals surface area contributed by atoms with E-state index >= 15 is 0 Å². The minimum atomic E-state index is 0.755. The second-order valence-electron chi connectivity index (χ2n) is 7.22. The lowest BCUT2D eigenvalue weighted by Crippen LogP contribution is -2.22. The summed E-state index contributed by atoms with van der Waals surface area (Å²) in [7, 11) is 0. The molecule has 140 valence electrons. The fourth-order valence-corrected chi connectivity index (χ4v) is 4.29. The van der Waals surface area contributed by atoms with Crippen LogP contribution >= 0.6 is 0 Å². The van der Waals surface area contributed by atoms with E-state index < -0.39 is 0 Å². The summed E-state index contributed by atoms with van der Waals surface area (Å²) >= 11 is 0. The molecule has 0 spiro atoms. The average Bonchev–Trinajstić information content (AvgIpc) is 3.21. The van der Waals surface area contributed by atoms with Gasteiger partial charge in [-0.05, 0) is 54.3 Å². The molecule has 0 aliphatic carbocycles. The van der Waals surface area contributed by atoms with E-state index in [1.807, 2.05) is 5.06 Å². The molecule has 0 bridgehead atoms. The monoisotopic (exact) mass is 368 g/mol. The molecule has 1 heterocycles. The van der Waals surface area contributed by atoms with Crippen molar-refractivity contribution in [2.24, 2.45) is 0 Å². The van der Waals surface area contributed by atoms with Crippen LogP contribution in [0.2, 0.25) is 0 Å². The Kier molecular flexibility index (Phi) is 4.09. The largest absolute Gasteiger partial charge is 0.378 e. The van der Waals surface area contributed by atoms with Crippen LogP contribution in [0.15, 0.2) is 72.8 Å². The van der Waals surface area contributed by atoms with Gasteiger partial charge in [0.25, 0.3) is 0 Å². The van der Waals surface area contributed by atoms with Gasteiger partial charge in [-0.2, -0.15) is 0 Å². The van der Waals surface area contributed by atoms with Crippen LogP contribution < -0.4 is 14.8 Å². The molecular formula is C25H24N2O. The molecule has 0 amide bonds. The van der Waals surface area contributed by atoms with Gasteiger partial charge in [-0.1, -0.05) is 48.5 Å². The third-order valence-electron chi connectivity index (χ3n) is 5.76. The van der Waals surface area contributed by atoms with Crippen molar-refractivity contribution in [3.63, 3.8) is 0 Å². The highest BCUT2D eigenvalue weighted by Gasteiger charge is 2.26. The van der Waals surface area contributed by atoms with Crippen LogP contribution in [-0.4, -0.2) is 13.1 Å². The molecule has 0 fully saturated rings. The van der Waals surface area contributed by atoms with Gasteiger partial charge < -0.3 is 9.74 Å². The fourth-order valence-electron chi connectivity index (χ4n) is 4.29. The minimum absolute atomic E-state index is 0.755. The molecule has 28 heavy (non-hydrogen) atoms. The second-order valence-corrected chi connectivity index (χ2v) is 7.22. The Hall–Kier alpha value is -3.20. The Morgan fingerprint density at radius 3 is 1.96 bits per heavy atom. The van der Waals surface area contributed by atoms with Crippen molar-refractivity contribution in [1.82, 2.24) is 0 Å². The Balaban J connectivity index is 1.57. The molecule has 4 aromatic rings. The first-order valence-corrected chi connectivity index (χ1v) is 10.0. The lowest BCUT2D eigenvalue weighted by molar-refractivity contribution is 0.311. The zero-order valence-electron chi connectivity index (χ0n) is 16.4. The van der Waals surface area contributed by atoms with Gasteiger partial charge >= 0.3 is 0 Å². The molecule has 0 atom stereocenters. The summed E-state index contributed by atoms with van der Waals surface area (Å²) in [6.45, 7) is 7.16. The lowest BCUT2D eigenvalue weighted by Gasteiger charge is -2.22. The van der Waals surface area contributed by atoms with Gasteiger partial charge in [0, 0.05) is 29.7 Å². The molecule has 3 heteroatoms. The Morgan fingerprint density at radius 2 is 1.32 bits per heavy atom. The number of benzene rings is 4. The SMILES string of the molecule is CCN(CC)c1ccc(N2Cc3c(c4ccccc4c4ccccc34)O2)cc1. The maximum atomic E-state index is 6.39. The number of fused-ring (bicyclic) bond motifs is 6. The summed E-state index contributed by atoms with van der Waals surface area (Å²) in [6, 6.07) is 25.8. The summed E-state index contributed by atoms with van der Waals surface area (Å²) in [4.78, 5) is 8.74. The zero-order valence-corrected chi connectivity index (χ0v) is 16.4. The minimum Gasteiger partial charge on any atom is -0.378 e. The van der Waals surface area contributed by atoms with Crippen LogP contribution in [0.3, 0.4) is 0 Å². The Bertz CT molecular complexity index is 1080. The molecule has 0 N–H and O–H groups in total. The molecule has 1 aliphatic rings. The van der Waals surface area contributed by atoms with E-state index in [0.717, 1.165) is 31.1 Å². The second kappa shape index (κ2) is 6.75. The topological polar surface area (TPSA) is 15.7 Å². The van der Waals surface area contributed by atoms with Crippen LogP contribution in [0.4, 0.5) is 11.4 Å². The van der Waals surface area contributed by atoms with E-state index in [-0.39, 0.29) is 0 Å². The number of nitrogens with zero attached hydrogens (tertiary/aromatic N) is 2. The van der Waals surface area contributed by atoms with Crippen molar-refractivity contribution in [2.45, 2.75) is 20.4 Å². The maximum Gasteiger partial charge on any atom is 0.168 e. The van der Waals surface area contributed by atoms with Crippen molar-refractivity contribution in [1.29, 1.82) is 0 Å². The molecule has 5 rings (SSSR count). The summed E-state index contributed by atoms with van der Waals surface area (Å²) in [5.74, 6) is 0.988. The van der Waals surface area contributed by atoms with Gasteiger partial charge in [0.2, 0.25) is 0 Å². The summed E-state index contributed by atoms with van der Waals surface area (Å²) in [5, 5.41) is 7.00. The van der Waals surface area contributed by atoms with E-state index in [2.05, 4.69) is 91.5 Å². The molecule has 0 saturated carbocycles. The fraction of sp³-hybridized carbons (Fsp3) is 0.200. The summed E-state index contributed by atoms with van der Waals surface area (Å²) in [5.41, 5.74) is 3.60. The van der Waals surface area contributed by atoms with Gasteiger partial charge in [-0.25, -0.2) is 5.06 Å². The first kappa shape index (κ1) is 16.9. The van der Waals surface area contributed by atoms with Crippen molar-refractivity contribution >= 4 is 32.9 Å². The molecular weight excluding hydrogens is 344 g/mol.